The van der Waals surface area contributed by atoms with Crippen molar-refractivity contribution in [1.29, 1.82) is 0 Å². The molecule has 2 amide bonds. The molecule has 1 unspecified atom stereocenters. The first-order valence-electron chi connectivity index (χ1n) is 6.21. The molecule has 1 aromatic carbocycles. The Balaban J connectivity index is 2.42. The quantitative estimate of drug-likeness (QED) is 0.755. The SMILES string of the molecule is CC(C)CC(C(=O)[O-])N1C(=O)c2ccc(F)cc2C1=O. The number of fused-ring (bicyclic) bond motifs is 1. The monoisotopic (exact) mass is 278 g/mol. The number of amides is 2. The van der Waals surface area contributed by atoms with Gasteiger partial charge in [-0.25, -0.2) is 4.39 Å². The molecule has 1 aliphatic heterocycles. The van der Waals surface area contributed by atoms with Crippen LogP contribution in [-0.4, -0.2) is 28.7 Å². The highest BCUT2D eigenvalue weighted by Gasteiger charge is 2.40. The molecule has 0 aromatic heterocycles. The lowest BCUT2D eigenvalue weighted by molar-refractivity contribution is -0.310. The van der Waals surface area contributed by atoms with Crippen molar-refractivity contribution in [1.82, 2.24) is 4.90 Å². The van der Waals surface area contributed by atoms with Gasteiger partial charge < -0.3 is 9.90 Å². The van der Waals surface area contributed by atoms with Crippen LogP contribution in [0.4, 0.5) is 4.39 Å². The van der Waals surface area contributed by atoms with E-state index in [2.05, 4.69) is 0 Å². The summed E-state index contributed by atoms with van der Waals surface area (Å²) in [6.07, 6.45) is 0.0935. The van der Waals surface area contributed by atoms with Gasteiger partial charge in [-0.1, -0.05) is 13.8 Å². The van der Waals surface area contributed by atoms with E-state index in [1.807, 2.05) is 0 Å². The second kappa shape index (κ2) is 5.03. The van der Waals surface area contributed by atoms with Gasteiger partial charge in [-0.15, -0.1) is 0 Å². The Morgan fingerprint density at radius 3 is 2.40 bits per heavy atom. The van der Waals surface area contributed by atoms with E-state index in [-0.39, 0.29) is 23.5 Å². The van der Waals surface area contributed by atoms with Gasteiger partial charge >= 0.3 is 0 Å². The number of hydrogen-bond donors (Lipinski definition) is 0. The molecule has 106 valence electrons. The topological polar surface area (TPSA) is 77.5 Å². The van der Waals surface area contributed by atoms with Gasteiger partial charge in [0.25, 0.3) is 11.8 Å². The number of imide groups is 1. The van der Waals surface area contributed by atoms with Crippen molar-refractivity contribution in [2.45, 2.75) is 26.3 Å². The fraction of sp³-hybridized carbons (Fsp3) is 0.357. The molecule has 0 aliphatic carbocycles. The molecular formula is C14H13FNO4-. The highest BCUT2D eigenvalue weighted by atomic mass is 19.1. The normalized spacial score (nSPS) is 15.7. The lowest BCUT2D eigenvalue weighted by atomic mass is 10.0. The Hall–Kier alpha value is -2.24. The molecule has 20 heavy (non-hydrogen) atoms. The first-order valence-corrected chi connectivity index (χ1v) is 6.21. The van der Waals surface area contributed by atoms with Crippen molar-refractivity contribution in [3.05, 3.63) is 35.1 Å². The number of carbonyl (C=O) groups excluding carboxylic acids is 3. The minimum Gasteiger partial charge on any atom is -0.548 e. The standard InChI is InChI=1S/C14H14FNO4/c1-7(2)5-11(14(19)20)16-12(17)9-4-3-8(15)6-10(9)13(16)18/h3-4,6-7,11H,5H2,1-2H3,(H,19,20)/p-1. The summed E-state index contributed by atoms with van der Waals surface area (Å²) in [5.41, 5.74) is -0.0867. The first kappa shape index (κ1) is 14.2. The predicted molar refractivity (Wildman–Crippen MR) is 65.2 cm³/mol. The van der Waals surface area contributed by atoms with E-state index in [0.717, 1.165) is 12.1 Å². The highest BCUT2D eigenvalue weighted by Crippen LogP contribution is 2.27. The second-order valence-corrected chi connectivity index (χ2v) is 5.13. The summed E-state index contributed by atoms with van der Waals surface area (Å²) in [4.78, 5) is 36.1. The lowest BCUT2D eigenvalue weighted by Crippen LogP contribution is -2.51. The third-order valence-electron chi connectivity index (χ3n) is 3.16. The number of carbonyl (C=O) groups is 3. The second-order valence-electron chi connectivity index (χ2n) is 5.13. The van der Waals surface area contributed by atoms with Crippen LogP contribution in [0.15, 0.2) is 18.2 Å². The number of carboxylic acid groups (broad SMARTS) is 1. The number of carboxylic acids is 1. The molecule has 1 aliphatic rings. The number of halogens is 1. The zero-order chi connectivity index (χ0) is 15.0. The van der Waals surface area contributed by atoms with Crippen LogP contribution < -0.4 is 5.11 Å². The number of aliphatic carboxylic acids is 1. The van der Waals surface area contributed by atoms with Crippen LogP contribution in [0.25, 0.3) is 0 Å². The smallest absolute Gasteiger partial charge is 0.262 e. The zero-order valence-corrected chi connectivity index (χ0v) is 11.1. The maximum absolute atomic E-state index is 13.1. The third kappa shape index (κ3) is 2.29. The van der Waals surface area contributed by atoms with E-state index in [1.54, 1.807) is 13.8 Å². The molecule has 6 heteroatoms. The molecule has 0 bridgehead atoms. The van der Waals surface area contributed by atoms with Crippen LogP contribution in [0.2, 0.25) is 0 Å². The summed E-state index contributed by atoms with van der Waals surface area (Å²) < 4.78 is 13.1. The van der Waals surface area contributed by atoms with Crippen LogP contribution in [0.5, 0.6) is 0 Å². The Labute approximate surface area is 115 Å². The zero-order valence-electron chi connectivity index (χ0n) is 11.1. The highest BCUT2D eigenvalue weighted by molar-refractivity contribution is 6.22. The molecule has 1 heterocycles. The minimum atomic E-state index is -1.49. The largest absolute Gasteiger partial charge is 0.548 e. The van der Waals surface area contributed by atoms with Crippen molar-refractivity contribution in [3.63, 3.8) is 0 Å². The van der Waals surface area contributed by atoms with Gasteiger partial charge in [0.05, 0.1) is 23.1 Å². The third-order valence-corrected chi connectivity index (χ3v) is 3.16. The first-order chi connectivity index (χ1) is 9.32. The van der Waals surface area contributed by atoms with Crippen LogP contribution in [0.3, 0.4) is 0 Å². The maximum Gasteiger partial charge on any atom is 0.262 e. The molecule has 2 rings (SSSR count). The molecule has 0 radical (unpaired) electrons. The summed E-state index contributed by atoms with van der Waals surface area (Å²) in [7, 11) is 0. The Morgan fingerprint density at radius 1 is 1.25 bits per heavy atom. The van der Waals surface area contributed by atoms with Crippen molar-refractivity contribution < 1.29 is 23.9 Å². The molecular weight excluding hydrogens is 265 g/mol. The van der Waals surface area contributed by atoms with Gasteiger partial charge in [-0.05, 0) is 30.5 Å². The number of hydrogen-bond acceptors (Lipinski definition) is 4. The van der Waals surface area contributed by atoms with Crippen LogP contribution >= 0.6 is 0 Å². The summed E-state index contributed by atoms with van der Waals surface area (Å²) in [6, 6.07) is 1.85. The fourth-order valence-electron chi connectivity index (χ4n) is 2.27. The molecule has 0 N–H and O–H groups in total. The van der Waals surface area contributed by atoms with E-state index in [9.17, 15) is 23.9 Å². The molecule has 1 atom stereocenters. The van der Waals surface area contributed by atoms with Crippen LogP contribution in [0, 0.1) is 11.7 Å². The van der Waals surface area contributed by atoms with Gasteiger partial charge in [-0.2, -0.15) is 0 Å². The number of rotatable bonds is 4. The summed E-state index contributed by atoms with van der Waals surface area (Å²) >= 11 is 0. The molecule has 0 spiro atoms. The van der Waals surface area contributed by atoms with E-state index in [4.69, 9.17) is 0 Å². The number of nitrogens with zero attached hydrogens (tertiary/aromatic N) is 1. The van der Waals surface area contributed by atoms with Crippen molar-refractivity contribution in [2.75, 3.05) is 0 Å². The Bertz CT molecular complexity index is 597. The molecule has 1 aromatic rings. The average Bonchev–Trinajstić information content (AvgIpc) is 2.58. The van der Waals surface area contributed by atoms with Crippen molar-refractivity contribution >= 4 is 17.8 Å². The number of benzene rings is 1. The average molecular weight is 278 g/mol. The van der Waals surface area contributed by atoms with E-state index in [0.29, 0.717) is 4.90 Å². The van der Waals surface area contributed by atoms with Gasteiger partial charge in [0.2, 0.25) is 0 Å². The van der Waals surface area contributed by atoms with Crippen molar-refractivity contribution in [2.24, 2.45) is 5.92 Å². The van der Waals surface area contributed by atoms with Crippen molar-refractivity contribution in [3.8, 4) is 0 Å². The summed E-state index contributed by atoms with van der Waals surface area (Å²) in [5, 5.41) is 11.2. The van der Waals surface area contributed by atoms with E-state index < -0.39 is 29.6 Å². The predicted octanol–water partition coefficient (Wildman–Crippen LogP) is 0.586. The fourth-order valence-corrected chi connectivity index (χ4v) is 2.27. The molecule has 0 saturated carbocycles. The summed E-state index contributed by atoms with van der Waals surface area (Å²) in [6.45, 7) is 3.54. The van der Waals surface area contributed by atoms with Gasteiger partial charge in [0, 0.05) is 0 Å². The van der Waals surface area contributed by atoms with E-state index in [1.165, 1.54) is 6.07 Å². The molecule has 0 saturated heterocycles. The lowest BCUT2D eigenvalue weighted by Gasteiger charge is -2.28. The maximum atomic E-state index is 13.1. The minimum absolute atomic E-state index is 0.0198. The Morgan fingerprint density at radius 2 is 1.85 bits per heavy atom. The van der Waals surface area contributed by atoms with Gasteiger partial charge in [0.1, 0.15) is 5.82 Å². The van der Waals surface area contributed by atoms with E-state index >= 15 is 0 Å². The van der Waals surface area contributed by atoms with Crippen LogP contribution in [0.1, 0.15) is 41.0 Å². The Kier molecular flexibility index (Phi) is 3.57. The van der Waals surface area contributed by atoms with Gasteiger partial charge in [0.15, 0.2) is 0 Å². The summed E-state index contributed by atoms with van der Waals surface area (Å²) in [5.74, 6) is -3.70. The molecule has 0 fully saturated rings. The van der Waals surface area contributed by atoms with Crippen LogP contribution in [-0.2, 0) is 4.79 Å². The molecule has 5 nitrogen and oxygen atoms in total. The van der Waals surface area contributed by atoms with Gasteiger partial charge in [-0.3, -0.25) is 14.5 Å².